The Labute approximate surface area is 108 Å². The molecule has 1 aromatic rings. The van der Waals surface area contributed by atoms with Crippen molar-refractivity contribution in [3.05, 3.63) is 23.8 Å². The highest BCUT2D eigenvalue weighted by atomic mass is 16.5. The summed E-state index contributed by atoms with van der Waals surface area (Å²) in [5, 5.41) is 0. The first-order valence-corrected chi connectivity index (χ1v) is 6.38. The summed E-state index contributed by atoms with van der Waals surface area (Å²) in [6.45, 7) is 5.07. The molecule has 2 N–H and O–H groups in total. The molecule has 1 rings (SSSR count). The Morgan fingerprint density at radius 2 is 2.00 bits per heavy atom. The van der Waals surface area contributed by atoms with E-state index in [4.69, 9.17) is 15.2 Å². The smallest absolute Gasteiger partial charge is 0.338 e. The summed E-state index contributed by atoms with van der Waals surface area (Å²) in [7, 11) is 0. The molecule has 0 aromatic heterocycles. The normalized spacial score (nSPS) is 10.1. The Bertz CT molecular complexity index is 391. The molecule has 0 amide bonds. The largest absolute Gasteiger partial charge is 0.491 e. The van der Waals surface area contributed by atoms with Gasteiger partial charge in [-0.25, -0.2) is 4.79 Å². The molecule has 4 heteroatoms. The molecule has 0 aliphatic carbocycles. The molecule has 100 valence electrons. The van der Waals surface area contributed by atoms with Crippen LogP contribution in [0, 0.1) is 0 Å². The molecule has 0 fully saturated rings. The van der Waals surface area contributed by atoms with E-state index in [1.54, 1.807) is 18.2 Å². The Kier molecular flexibility index (Phi) is 6.05. The lowest BCUT2D eigenvalue weighted by molar-refractivity contribution is 0.0504. The summed E-state index contributed by atoms with van der Waals surface area (Å²) < 4.78 is 10.6. The van der Waals surface area contributed by atoms with Crippen LogP contribution in [-0.2, 0) is 4.74 Å². The molecular formula is C14H21NO3. The summed E-state index contributed by atoms with van der Waals surface area (Å²) >= 11 is 0. The number of esters is 1. The second-order valence-corrected chi connectivity index (χ2v) is 4.09. The molecule has 0 radical (unpaired) electrons. The van der Waals surface area contributed by atoms with Crippen molar-refractivity contribution in [1.82, 2.24) is 0 Å². The van der Waals surface area contributed by atoms with Crippen LogP contribution in [0.25, 0.3) is 0 Å². The molecule has 0 bridgehead atoms. The summed E-state index contributed by atoms with van der Waals surface area (Å²) in [6, 6.07) is 4.97. The SMILES string of the molecule is CCCCOc1cc(C(=O)OCCC)ccc1N. The van der Waals surface area contributed by atoms with Gasteiger partial charge in [-0.2, -0.15) is 0 Å². The van der Waals surface area contributed by atoms with Gasteiger partial charge in [0.05, 0.1) is 24.5 Å². The van der Waals surface area contributed by atoms with Crippen molar-refractivity contribution in [2.24, 2.45) is 0 Å². The number of hydrogen-bond donors (Lipinski definition) is 1. The number of carbonyl (C=O) groups is 1. The molecule has 0 aliphatic heterocycles. The lowest BCUT2D eigenvalue weighted by Gasteiger charge is -2.10. The lowest BCUT2D eigenvalue weighted by atomic mass is 10.2. The van der Waals surface area contributed by atoms with Crippen LogP contribution >= 0.6 is 0 Å². The van der Waals surface area contributed by atoms with E-state index in [0.29, 0.717) is 30.2 Å². The van der Waals surface area contributed by atoms with E-state index in [1.807, 2.05) is 6.92 Å². The van der Waals surface area contributed by atoms with Gasteiger partial charge in [-0.1, -0.05) is 20.3 Å². The van der Waals surface area contributed by atoms with Gasteiger partial charge in [0.15, 0.2) is 0 Å². The topological polar surface area (TPSA) is 61.5 Å². The molecule has 0 saturated heterocycles. The van der Waals surface area contributed by atoms with Crippen LogP contribution in [0.15, 0.2) is 18.2 Å². The Morgan fingerprint density at radius 3 is 2.67 bits per heavy atom. The molecule has 0 spiro atoms. The lowest BCUT2D eigenvalue weighted by Crippen LogP contribution is -2.07. The zero-order chi connectivity index (χ0) is 13.4. The maximum absolute atomic E-state index is 11.7. The van der Waals surface area contributed by atoms with E-state index in [9.17, 15) is 4.79 Å². The molecule has 0 aliphatic rings. The first kappa shape index (κ1) is 14.4. The minimum absolute atomic E-state index is 0.336. The van der Waals surface area contributed by atoms with Gasteiger partial charge in [0.1, 0.15) is 5.75 Å². The van der Waals surface area contributed by atoms with Gasteiger partial charge in [-0.3, -0.25) is 0 Å². The highest BCUT2D eigenvalue weighted by Crippen LogP contribution is 2.23. The summed E-state index contributed by atoms with van der Waals surface area (Å²) in [5.41, 5.74) is 6.81. The fourth-order valence-electron chi connectivity index (χ4n) is 1.39. The summed E-state index contributed by atoms with van der Waals surface area (Å²) in [6.07, 6.45) is 2.82. The number of ether oxygens (including phenoxy) is 2. The first-order chi connectivity index (χ1) is 8.69. The van der Waals surface area contributed by atoms with Gasteiger partial charge in [-0.05, 0) is 31.0 Å². The zero-order valence-corrected chi connectivity index (χ0v) is 11.1. The maximum Gasteiger partial charge on any atom is 0.338 e. The van der Waals surface area contributed by atoms with Crippen LogP contribution in [0.3, 0.4) is 0 Å². The molecule has 0 heterocycles. The van der Waals surface area contributed by atoms with Crippen molar-refractivity contribution >= 4 is 11.7 Å². The minimum Gasteiger partial charge on any atom is -0.491 e. The standard InChI is InChI=1S/C14H21NO3/c1-3-5-9-17-13-10-11(6-7-12(13)15)14(16)18-8-4-2/h6-7,10H,3-5,8-9,15H2,1-2H3. The van der Waals surface area contributed by atoms with Crippen molar-refractivity contribution < 1.29 is 14.3 Å². The van der Waals surface area contributed by atoms with Crippen LogP contribution in [0.2, 0.25) is 0 Å². The van der Waals surface area contributed by atoms with Crippen LogP contribution in [0.1, 0.15) is 43.5 Å². The van der Waals surface area contributed by atoms with Crippen molar-refractivity contribution in [2.75, 3.05) is 18.9 Å². The fraction of sp³-hybridized carbons (Fsp3) is 0.500. The second-order valence-electron chi connectivity index (χ2n) is 4.09. The number of unbranched alkanes of at least 4 members (excludes halogenated alkanes) is 1. The minimum atomic E-state index is -0.336. The van der Waals surface area contributed by atoms with E-state index >= 15 is 0 Å². The average Bonchev–Trinajstić information content (AvgIpc) is 2.38. The van der Waals surface area contributed by atoms with E-state index < -0.39 is 0 Å². The highest BCUT2D eigenvalue weighted by Gasteiger charge is 2.10. The number of nitrogens with two attached hydrogens (primary N) is 1. The average molecular weight is 251 g/mol. The van der Waals surface area contributed by atoms with Gasteiger partial charge in [-0.15, -0.1) is 0 Å². The third kappa shape index (κ3) is 4.28. The highest BCUT2D eigenvalue weighted by molar-refractivity contribution is 5.90. The van der Waals surface area contributed by atoms with Crippen molar-refractivity contribution in [1.29, 1.82) is 0 Å². The fourth-order valence-corrected chi connectivity index (χ4v) is 1.39. The van der Waals surface area contributed by atoms with E-state index in [0.717, 1.165) is 19.3 Å². The Balaban J connectivity index is 2.70. The number of rotatable bonds is 7. The van der Waals surface area contributed by atoms with Gasteiger partial charge in [0.25, 0.3) is 0 Å². The summed E-state index contributed by atoms with van der Waals surface area (Å²) in [5.74, 6) is 0.214. The number of hydrogen-bond acceptors (Lipinski definition) is 4. The van der Waals surface area contributed by atoms with Crippen molar-refractivity contribution in [2.45, 2.75) is 33.1 Å². The van der Waals surface area contributed by atoms with Crippen LogP contribution in [0.5, 0.6) is 5.75 Å². The third-order valence-corrected chi connectivity index (χ3v) is 2.44. The second kappa shape index (κ2) is 7.58. The molecular weight excluding hydrogens is 230 g/mol. The van der Waals surface area contributed by atoms with E-state index in [-0.39, 0.29) is 5.97 Å². The molecule has 0 atom stereocenters. The number of anilines is 1. The van der Waals surface area contributed by atoms with Crippen molar-refractivity contribution in [3.8, 4) is 5.75 Å². The number of benzene rings is 1. The first-order valence-electron chi connectivity index (χ1n) is 6.38. The van der Waals surface area contributed by atoms with Crippen molar-refractivity contribution in [3.63, 3.8) is 0 Å². The number of carbonyl (C=O) groups excluding carboxylic acids is 1. The molecule has 18 heavy (non-hydrogen) atoms. The number of nitrogen functional groups attached to an aromatic ring is 1. The molecule has 4 nitrogen and oxygen atoms in total. The van der Waals surface area contributed by atoms with Gasteiger partial charge in [0.2, 0.25) is 0 Å². The predicted octanol–water partition coefficient (Wildman–Crippen LogP) is 3.01. The van der Waals surface area contributed by atoms with Crippen LogP contribution < -0.4 is 10.5 Å². The van der Waals surface area contributed by atoms with Gasteiger partial charge in [0, 0.05) is 0 Å². The quantitative estimate of drug-likeness (QED) is 0.459. The zero-order valence-electron chi connectivity index (χ0n) is 11.1. The van der Waals surface area contributed by atoms with Gasteiger partial charge >= 0.3 is 5.97 Å². The third-order valence-electron chi connectivity index (χ3n) is 2.44. The van der Waals surface area contributed by atoms with Crippen LogP contribution in [-0.4, -0.2) is 19.2 Å². The monoisotopic (exact) mass is 251 g/mol. The maximum atomic E-state index is 11.7. The Hall–Kier alpha value is -1.71. The van der Waals surface area contributed by atoms with Gasteiger partial charge < -0.3 is 15.2 Å². The molecule has 1 aromatic carbocycles. The van der Waals surface area contributed by atoms with E-state index in [2.05, 4.69) is 6.92 Å². The molecule has 0 unspecified atom stereocenters. The van der Waals surface area contributed by atoms with Crippen LogP contribution in [0.4, 0.5) is 5.69 Å². The summed E-state index contributed by atoms with van der Waals surface area (Å²) in [4.78, 5) is 11.7. The van der Waals surface area contributed by atoms with E-state index in [1.165, 1.54) is 0 Å². The Morgan fingerprint density at radius 1 is 1.22 bits per heavy atom. The predicted molar refractivity (Wildman–Crippen MR) is 71.8 cm³/mol. The molecule has 0 saturated carbocycles.